The predicted octanol–water partition coefficient (Wildman–Crippen LogP) is 3.31. The van der Waals surface area contributed by atoms with Gasteiger partial charge in [0.05, 0.1) is 11.6 Å². The zero-order valence-electron chi connectivity index (χ0n) is 25.9. The molecule has 5 amide bonds. The first kappa shape index (κ1) is 34.3. The van der Waals surface area contributed by atoms with Crippen LogP contribution in [0.3, 0.4) is 0 Å². The number of imide groups is 1. The predicted molar refractivity (Wildman–Crippen MR) is 155 cm³/mol. The lowest BCUT2D eigenvalue weighted by atomic mass is 10.0. The third kappa shape index (κ3) is 12.2. The Kier molecular flexibility index (Phi) is 12.8. The van der Waals surface area contributed by atoms with Crippen LogP contribution in [0, 0.1) is 5.92 Å². The summed E-state index contributed by atoms with van der Waals surface area (Å²) in [5, 5.41) is 5.76. The fraction of sp³-hybridized carbons (Fsp3) is 0.767. The Morgan fingerprint density at radius 1 is 1.02 bits per heavy atom. The van der Waals surface area contributed by atoms with Gasteiger partial charge in [-0.3, -0.25) is 24.1 Å². The van der Waals surface area contributed by atoms with E-state index < -0.39 is 29.4 Å². The van der Waals surface area contributed by atoms with Gasteiger partial charge in [-0.15, -0.1) is 0 Å². The minimum absolute atomic E-state index is 0.175. The first-order valence-corrected chi connectivity index (χ1v) is 14.8. The number of carbonyl (C=O) groups excluding carboxylic acids is 5. The zero-order chi connectivity index (χ0) is 30.8. The Bertz CT molecular complexity index is 952. The zero-order valence-corrected chi connectivity index (χ0v) is 25.9. The van der Waals surface area contributed by atoms with E-state index in [9.17, 15) is 24.0 Å². The number of hydrogen-bond donors (Lipinski definition) is 2. The third-order valence-electron chi connectivity index (χ3n) is 7.03. The summed E-state index contributed by atoms with van der Waals surface area (Å²) in [5.74, 6) is -0.513. The van der Waals surface area contributed by atoms with Crippen molar-refractivity contribution in [3.05, 3.63) is 12.2 Å². The summed E-state index contributed by atoms with van der Waals surface area (Å²) in [6.07, 6.45) is 5.82. The van der Waals surface area contributed by atoms with Crippen molar-refractivity contribution in [2.24, 2.45) is 5.92 Å². The lowest BCUT2D eigenvalue weighted by Gasteiger charge is -2.27. The second-order valence-corrected chi connectivity index (χ2v) is 12.9. The van der Waals surface area contributed by atoms with Gasteiger partial charge in [-0.1, -0.05) is 20.3 Å². The molecule has 2 atom stereocenters. The highest BCUT2D eigenvalue weighted by atomic mass is 16.6. The van der Waals surface area contributed by atoms with Crippen LogP contribution in [0.4, 0.5) is 4.79 Å². The van der Waals surface area contributed by atoms with E-state index in [2.05, 4.69) is 24.5 Å². The number of nitrogens with zero attached hydrogens (tertiary/aromatic N) is 2. The summed E-state index contributed by atoms with van der Waals surface area (Å²) in [7, 11) is 0. The number of unbranched alkanes of at least 4 members (excludes halogenated alkanes) is 2. The fourth-order valence-electron chi connectivity index (χ4n) is 4.70. The summed E-state index contributed by atoms with van der Waals surface area (Å²) in [6.45, 7) is 15.2. The molecule has 0 bridgehead atoms. The Labute approximate surface area is 244 Å². The molecule has 1 fully saturated rings. The SMILES string of the molecule is CC(C)CCOC(C)(C)CCNC(=O)C1CC(NC(=O)OC(C)(C)C)CN1C(=O)CCCCCN1C(=O)C=CC1=O. The Morgan fingerprint density at radius 2 is 1.68 bits per heavy atom. The van der Waals surface area contributed by atoms with Crippen LogP contribution in [0.2, 0.25) is 0 Å². The number of alkyl carbamates (subject to hydrolysis) is 1. The molecule has 0 aromatic heterocycles. The molecule has 11 heteroatoms. The summed E-state index contributed by atoms with van der Waals surface area (Å²) < 4.78 is 11.4. The lowest BCUT2D eigenvalue weighted by molar-refractivity contribution is -0.138. The van der Waals surface area contributed by atoms with Gasteiger partial charge in [0.1, 0.15) is 11.6 Å². The molecule has 2 aliphatic heterocycles. The molecule has 2 unspecified atom stereocenters. The van der Waals surface area contributed by atoms with E-state index in [-0.39, 0.29) is 43.0 Å². The molecule has 11 nitrogen and oxygen atoms in total. The fourth-order valence-corrected chi connectivity index (χ4v) is 4.70. The van der Waals surface area contributed by atoms with Crippen molar-refractivity contribution in [2.45, 2.75) is 117 Å². The molecule has 41 heavy (non-hydrogen) atoms. The molecule has 2 aliphatic rings. The van der Waals surface area contributed by atoms with Crippen LogP contribution in [0.5, 0.6) is 0 Å². The number of likely N-dealkylation sites (tertiary alicyclic amines) is 1. The van der Waals surface area contributed by atoms with E-state index in [4.69, 9.17) is 9.47 Å². The molecule has 1 saturated heterocycles. The normalized spacial score (nSPS) is 19.3. The van der Waals surface area contributed by atoms with E-state index in [1.807, 2.05) is 13.8 Å². The summed E-state index contributed by atoms with van der Waals surface area (Å²) in [6, 6.07) is -1.13. The number of nitrogens with one attached hydrogen (secondary N) is 2. The van der Waals surface area contributed by atoms with Crippen molar-refractivity contribution in [1.29, 1.82) is 0 Å². The molecule has 2 rings (SSSR count). The van der Waals surface area contributed by atoms with Crippen LogP contribution in [0.1, 0.15) is 93.4 Å². The minimum atomic E-state index is -0.710. The van der Waals surface area contributed by atoms with Crippen LogP contribution in [-0.4, -0.2) is 89.0 Å². The average molecular weight is 579 g/mol. The van der Waals surface area contributed by atoms with Crippen LogP contribution in [0.25, 0.3) is 0 Å². The minimum Gasteiger partial charge on any atom is -0.444 e. The highest BCUT2D eigenvalue weighted by Gasteiger charge is 2.40. The van der Waals surface area contributed by atoms with Gasteiger partial charge in [0.25, 0.3) is 11.8 Å². The maximum atomic E-state index is 13.2. The van der Waals surface area contributed by atoms with Crippen molar-refractivity contribution >= 4 is 29.7 Å². The summed E-state index contributed by atoms with van der Waals surface area (Å²) >= 11 is 0. The van der Waals surface area contributed by atoms with E-state index in [1.165, 1.54) is 17.1 Å². The van der Waals surface area contributed by atoms with Gasteiger partial charge in [0, 0.05) is 44.8 Å². The van der Waals surface area contributed by atoms with Crippen molar-refractivity contribution in [3.63, 3.8) is 0 Å². The van der Waals surface area contributed by atoms with E-state index >= 15 is 0 Å². The second-order valence-electron chi connectivity index (χ2n) is 12.9. The largest absolute Gasteiger partial charge is 0.444 e. The Hall–Kier alpha value is -2.95. The maximum Gasteiger partial charge on any atom is 0.407 e. The van der Waals surface area contributed by atoms with Crippen molar-refractivity contribution in [1.82, 2.24) is 20.4 Å². The number of rotatable bonds is 15. The topological polar surface area (TPSA) is 134 Å². The van der Waals surface area contributed by atoms with Crippen LogP contribution in [-0.2, 0) is 28.7 Å². The lowest BCUT2D eigenvalue weighted by Crippen LogP contribution is -2.47. The van der Waals surface area contributed by atoms with Crippen molar-refractivity contribution < 1.29 is 33.4 Å². The van der Waals surface area contributed by atoms with Crippen LogP contribution in [0.15, 0.2) is 12.2 Å². The molecule has 0 radical (unpaired) electrons. The first-order chi connectivity index (χ1) is 19.1. The van der Waals surface area contributed by atoms with E-state index in [0.29, 0.717) is 51.3 Å². The molecule has 0 aromatic carbocycles. The number of amides is 5. The molecule has 2 heterocycles. The van der Waals surface area contributed by atoms with Crippen LogP contribution < -0.4 is 10.6 Å². The smallest absolute Gasteiger partial charge is 0.407 e. The highest BCUT2D eigenvalue weighted by Crippen LogP contribution is 2.22. The number of ether oxygens (including phenoxy) is 2. The van der Waals surface area contributed by atoms with E-state index in [1.54, 1.807) is 25.7 Å². The summed E-state index contributed by atoms with van der Waals surface area (Å²) in [4.78, 5) is 64.9. The molecule has 232 valence electrons. The van der Waals surface area contributed by atoms with Gasteiger partial charge in [0.15, 0.2) is 0 Å². The standard InChI is InChI=1S/C30H50N4O7/c1-21(2)14-18-40-30(6,7)15-16-31-27(38)23-19-22(32-28(39)41-29(3,4)5)20-34(23)24(35)11-9-8-10-17-33-25(36)12-13-26(33)37/h12-13,21-23H,8-11,14-20H2,1-7H3,(H,31,38)(H,32,39). The number of carbonyl (C=O) groups is 5. The third-order valence-corrected chi connectivity index (χ3v) is 7.03. The highest BCUT2D eigenvalue weighted by molar-refractivity contribution is 6.12. The Balaban J connectivity index is 1.91. The average Bonchev–Trinajstić information content (AvgIpc) is 3.40. The first-order valence-electron chi connectivity index (χ1n) is 14.8. The van der Waals surface area contributed by atoms with Gasteiger partial charge in [-0.2, -0.15) is 0 Å². The van der Waals surface area contributed by atoms with Gasteiger partial charge in [-0.05, 0) is 72.6 Å². The molecule has 2 N–H and O–H groups in total. The molecular weight excluding hydrogens is 528 g/mol. The molecule has 0 saturated carbocycles. The van der Waals surface area contributed by atoms with Gasteiger partial charge in [-0.25, -0.2) is 4.79 Å². The Morgan fingerprint density at radius 3 is 2.29 bits per heavy atom. The van der Waals surface area contributed by atoms with Gasteiger partial charge in [0.2, 0.25) is 11.8 Å². The molecular formula is C30H50N4O7. The molecule has 0 aliphatic carbocycles. The van der Waals surface area contributed by atoms with Gasteiger partial charge < -0.3 is 25.0 Å². The molecule has 0 spiro atoms. The summed E-state index contributed by atoms with van der Waals surface area (Å²) in [5.41, 5.74) is -1.06. The monoisotopic (exact) mass is 578 g/mol. The van der Waals surface area contributed by atoms with Crippen molar-refractivity contribution in [3.8, 4) is 0 Å². The molecule has 0 aromatic rings. The van der Waals surface area contributed by atoms with Gasteiger partial charge >= 0.3 is 6.09 Å². The van der Waals surface area contributed by atoms with E-state index in [0.717, 1.165) is 6.42 Å². The second kappa shape index (κ2) is 15.3. The maximum absolute atomic E-state index is 13.2. The van der Waals surface area contributed by atoms with Crippen molar-refractivity contribution in [2.75, 3.05) is 26.2 Å². The quantitative estimate of drug-likeness (QED) is 0.225. The van der Waals surface area contributed by atoms with Crippen LogP contribution >= 0.6 is 0 Å². The number of hydrogen-bond acceptors (Lipinski definition) is 7.